The molecule has 0 saturated heterocycles. The van der Waals surface area contributed by atoms with Gasteiger partial charge in [-0.3, -0.25) is 10.1 Å². The first-order valence-corrected chi connectivity index (χ1v) is 4.89. The summed E-state index contributed by atoms with van der Waals surface area (Å²) in [4.78, 5) is 9.81. The van der Waals surface area contributed by atoms with Gasteiger partial charge in [0.1, 0.15) is 5.75 Å². The molecule has 0 aromatic heterocycles. The Morgan fingerprint density at radius 3 is 2.56 bits per heavy atom. The Balaban J connectivity index is 3.21. The van der Waals surface area contributed by atoms with E-state index in [2.05, 4.69) is 4.74 Å². The smallest absolute Gasteiger partial charge is 0.405 e. The van der Waals surface area contributed by atoms with Gasteiger partial charge in [0.05, 0.1) is 4.92 Å². The fourth-order valence-corrected chi connectivity index (χ4v) is 1.35. The van der Waals surface area contributed by atoms with Crippen molar-refractivity contribution in [3.63, 3.8) is 0 Å². The van der Waals surface area contributed by atoms with Crippen LogP contribution < -0.4 is 4.74 Å². The Hall–Kier alpha value is -1.83. The van der Waals surface area contributed by atoms with Crippen LogP contribution in [0.2, 0.25) is 0 Å². The van der Waals surface area contributed by atoms with E-state index in [1.54, 1.807) is 0 Å². The van der Waals surface area contributed by atoms with Crippen LogP contribution in [0.25, 0.3) is 0 Å². The van der Waals surface area contributed by atoms with Gasteiger partial charge in [-0.15, -0.1) is 13.2 Å². The highest BCUT2D eigenvalue weighted by atomic mass is 19.4. The fourth-order valence-electron chi connectivity index (χ4n) is 1.35. The number of aliphatic hydroxyl groups excluding tert-OH is 1. The van der Waals surface area contributed by atoms with Crippen LogP contribution in [0.3, 0.4) is 0 Å². The molecule has 1 aromatic rings. The van der Waals surface area contributed by atoms with Crippen LogP contribution in [0.1, 0.15) is 18.4 Å². The molecule has 0 aliphatic rings. The summed E-state index contributed by atoms with van der Waals surface area (Å²) in [6.07, 6.45) is -4.89. The Morgan fingerprint density at radius 1 is 1.50 bits per heavy atom. The summed E-state index contributed by atoms with van der Waals surface area (Å²) < 4.78 is 40.1. The van der Waals surface area contributed by atoms with Crippen molar-refractivity contribution in [2.24, 2.45) is 0 Å². The first-order valence-electron chi connectivity index (χ1n) is 4.89. The molecule has 1 N–H and O–H groups in total. The van der Waals surface area contributed by atoms with Gasteiger partial charge < -0.3 is 9.84 Å². The summed E-state index contributed by atoms with van der Waals surface area (Å²) in [6, 6.07) is 2.74. The maximum Gasteiger partial charge on any atom is 0.573 e. The summed E-state index contributed by atoms with van der Waals surface area (Å²) in [6.45, 7) is 0.984. The number of benzene rings is 1. The summed E-state index contributed by atoms with van der Waals surface area (Å²) in [5, 5.41) is 19.5. The Morgan fingerprint density at radius 2 is 2.11 bits per heavy atom. The van der Waals surface area contributed by atoms with Crippen molar-refractivity contribution < 1.29 is 27.9 Å². The van der Waals surface area contributed by atoms with Crippen LogP contribution in [0.4, 0.5) is 18.9 Å². The average Bonchev–Trinajstić information content (AvgIpc) is 2.26. The van der Waals surface area contributed by atoms with E-state index in [1.807, 2.05) is 0 Å². The molecule has 5 nitrogen and oxygen atoms in total. The molecule has 1 aromatic carbocycles. The van der Waals surface area contributed by atoms with E-state index < -0.39 is 29.6 Å². The Labute approximate surface area is 99.9 Å². The van der Waals surface area contributed by atoms with E-state index in [9.17, 15) is 23.3 Å². The molecule has 0 aliphatic heterocycles. The molecule has 100 valence electrons. The molecule has 0 heterocycles. The molecular formula is C10H10F3NO4. The zero-order chi connectivity index (χ0) is 13.9. The number of halogens is 3. The van der Waals surface area contributed by atoms with Crippen LogP contribution in [0.5, 0.6) is 5.75 Å². The molecule has 0 saturated carbocycles. The van der Waals surface area contributed by atoms with Crippen molar-refractivity contribution in [3.05, 3.63) is 33.9 Å². The minimum absolute atomic E-state index is 0.0657. The minimum Gasteiger partial charge on any atom is -0.405 e. The second kappa shape index (κ2) is 5.21. The first-order chi connectivity index (χ1) is 8.24. The number of rotatable bonds is 4. The monoisotopic (exact) mass is 265 g/mol. The second-order valence-electron chi connectivity index (χ2n) is 3.61. The van der Waals surface area contributed by atoms with Gasteiger partial charge >= 0.3 is 6.36 Å². The maximum absolute atomic E-state index is 12.1. The molecule has 1 rings (SSSR count). The number of non-ortho nitro benzene ring substituents is 1. The van der Waals surface area contributed by atoms with Crippen molar-refractivity contribution in [1.82, 2.24) is 0 Å². The van der Waals surface area contributed by atoms with Gasteiger partial charge in [-0.25, -0.2) is 0 Å². The predicted octanol–water partition coefficient (Wildman–Crippen LogP) is 2.59. The van der Waals surface area contributed by atoms with Crippen LogP contribution in [-0.4, -0.2) is 23.0 Å². The number of alkyl halides is 3. The lowest BCUT2D eigenvalue weighted by molar-refractivity contribution is -0.385. The van der Waals surface area contributed by atoms with Gasteiger partial charge in [-0.05, 0) is 6.07 Å². The predicted molar refractivity (Wildman–Crippen MR) is 55.3 cm³/mol. The van der Waals surface area contributed by atoms with E-state index in [1.165, 1.54) is 6.92 Å². The number of hydrogen-bond acceptors (Lipinski definition) is 4. The van der Waals surface area contributed by atoms with Crippen LogP contribution in [0, 0.1) is 10.1 Å². The summed E-state index contributed by atoms with van der Waals surface area (Å²) in [5.41, 5.74) is -0.427. The Bertz CT molecular complexity index is 447. The Kier molecular flexibility index (Phi) is 4.12. The first kappa shape index (κ1) is 14.2. The van der Waals surface area contributed by atoms with Gasteiger partial charge in [0, 0.05) is 30.2 Å². The molecule has 0 spiro atoms. The number of nitrogens with zero attached hydrogens (tertiary/aromatic N) is 1. The van der Waals surface area contributed by atoms with Crippen molar-refractivity contribution in [2.75, 3.05) is 6.61 Å². The molecule has 0 fully saturated rings. The molecule has 18 heavy (non-hydrogen) atoms. The minimum atomic E-state index is -4.89. The highest BCUT2D eigenvalue weighted by molar-refractivity contribution is 5.45. The summed E-state index contributed by atoms with van der Waals surface area (Å²) in [5.74, 6) is -1.25. The number of nitro benzene ring substituents is 1. The SMILES string of the molecule is CC(CO)c1cc([N+](=O)[O-])ccc1OC(F)(F)F. The molecule has 8 heteroatoms. The van der Waals surface area contributed by atoms with Crippen molar-refractivity contribution in [3.8, 4) is 5.75 Å². The van der Waals surface area contributed by atoms with Crippen LogP contribution in [-0.2, 0) is 0 Å². The zero-order valence-corrected chi connectivity index (χ0v) is 9.27. The van der Waals surface area contributed by atoms with Gasteiger partial charge in [-0.1, -0.05) is 6.92 Å². The lowest BCUT2D eigenvalue weighted by Crippen LogP contribution is -2.19. The van der Waals surface area contributed by atoms with Crippen LogP contribution >= 0.6 is 0 Å². The lowest BCUT2D eigenvalue weighted by atomic mass is 10.0. The average molecular weight is 265 g/mol. The largest absolute Gasteiger partial charge is 0.573 e. The lowest BCUT2D eigenvalue weighted by Gasteiger charge is -2.16. The molecule has 0 aliphatic carbocycles. The van der Waals surface area contributed by atoms with E-state index in [0.717, 1.165) is 18.2 Å². The maximum atomic E-state index is 12.1. The molecular weight excluding hydrogens is 255 g/mol. The highest BCUT2D eigenvalue weighted by Crippen LogP contribution is 2.33. The van der Waals surface area contributed by atoms with Gasteiger partial charge in [-0.2, -0.15) is 0 Å². The van der Waals surface area contributed by atoms with Crippen molar-refractivity contribution in [1.29, 1.82) is 0 Å². The number of ether oxygens (including phenoxy) is 1. The topological polar surface area (TPSA) is 72.6 Å². The third-order valence-corrected chi connectivity index (χ3v) is 2.23. The fraction of sp³-hybridized carbons (Fsp3) is 0.400. The number of hydrogen-bond donors (Lipinski definition) is 1. The quantitative estimate of drug-likeness (QED) is 0.670. The molecule has 0 radical (unpaired) electrons. The van der Waals surface area contributed by atoms with Crippen molar-refractivity contribution >= 4 is 5.69 Å². The number of aliphatic hydroxyl groups is 1. The highest BCUT2D eigenvalue weighted by Gasteiger charge is 2.33. The summed E-state index contributed by atoms with van der Waals surface area (Å²) in [7, 11) is 0. The third-order valence-electron chi connectivity index (χ3n) is 2.23. The van der Waals surface area contributed by atoms with Gasteiger partial charge in [0.15, 0.2) is 0 Å². The van der Waals surface area contributed by atoms with E-state index >= 15 is 0 Å². The van der Waals surface area contributed by atoms with E-state index in [4.69, 9.17) is 5.11 Å². The standard InChI is InChI=1S/C10H10F3NO4/c1-6(5-15)8-4-7(14(16)17)2-3-9(8)18-10(11,12)13/h2-4,6,15H,5H2,1H3. The summed E-state index contributed by atoms with van der Waals surface area (Å²) >= 11 is 0. The van der Waals surface area contributed by atoms with Crippen molar-refractivity contribution in [2.45, 2.75) is 19.2 Å². The van der Waals surface area contributed by atoms with Crippen LogP contribution in [0.15, 0.2) is 18.2 Å². The molecule has 0 amide bonds. The normalized spacial score (nSPS) is 13.2. The van der Waals surface area contributed by atoms with Gasteiger partial charge in [0.25, 0.3) is 5.69 Å². The van der Waals surface area contributed by atoms with E-state index in [-0.39, 0.29) is 11.3 Å². The number of nitro groups is 1. The molecule has 1 atom stereocenters. The zero-order valence-electron chi connectivity index (χ0n) is 9.27. The third kappa shape index (κ3) is 3.59. The van der Waals surface area contributed by atoms with E-state index in [0.29, 0.717) is 0 Å². The molecule has 0 bridgehead atoms. The second-order valence-corrected chi connectivity index (χ2v) is 3.61. The van der Waals surface area contributed by atoms with Gasteiger partial charge in [0.2, 0.25) is 0 Å². The molecule has 1 unspecified atom stereocenters.